The van der Waals surface area contributed by atoms with Crippen LogP contribution in [0.5, 0.6) is 5.88 Å². The van der Waals surface area contributed by atoms with E-state index in [4.69, 9.17) is 4.74 Å². The Bertz CT molecular complexity index is 646. The largest absolute Gasteiger partial charge is 0.481 e. The maximum atomic E-state index is 12.7. The van der Waals surface area contributed by atoms with Crippen molar-refractivity contribution < 1.29 is 22.7 Å². The van der Waals surface area contributed by atoms with E-state index in [-0.39, 0.29) is 18.0 Å². The van der Waals surface area contributed by atoms with E-state index in [2.05, 4.69) is 15.2 Å². The lowest BCUT2D eigenvalue weighted by atomic mass is 10.0. The third-order valence-corrected chi connectivity index (χ3v) is 5.50. The predicted molar refractivity (Wildman–Crippen MR) is 97.9 cm³/mol. The van der Waals surface area contributed by atoms with Gasteiger partial charge in [-0.3, -0.25) is 14.6 Å². The second-order valence-corrected chi connectivity index (χ2v) is 7.44. The summed E-state index contributed by atoms with van der Waals surface area (Å²) in [7, 11) is 1.55. The predicted octanol–water partition coefficient (Wildman–Crippen LogP) is 2.20. The molecule has 0 spiro atoms. The number of pyridine rings is 1. The van der Waals surface area contributed by atoms with Gasteiger partial charge in [-0.2, -0.15) is 13.2 Å². The van der Waals surface area contributed by atoms with Gasteiger partial charge >= 0.3 is 6.18 Å². The Morgan fingerprint density at radius 3 is 2.61 bits per heavy atom. The van der Waals surface area contributed by atoms with Crippen LogP contribution in [0.3, 0.4) is 0 Å². The zero-order chi connectivity index (χ0) is 20.1. The van der Waals surface area contributed by atoms with Crippen LogP contribution >= 0.6 is 0 Å². The summed E-state index contributed by atoms with van der Waals surface area (Å²) in [5.41, 5.74) is 0.888. The monoisotopic (exact) mass is 400 g/mol. The molecule has 0 bridgehead atoms. The summed E-state index contributed by atoms with van der Waals surface area (Å²) in [4.78, 5) is 20.5. The molecule has 2 aliphatic rings. The molecule has 1 atom stereocenters. The third kappa shape index (κ3) is 5.57. The highest BCUT2D eigenvalue weighted by Gasteiger charge is 2.38. The van der Waals surface area contributed by atoms with E-state index < -0.39 is 12.7 Å². The number of nitrogens with one attached hydrogen (secondary N) is 1. The average molecular weight is 400 g/mol. The Hall–Kier alpha value is -1.87. The van der Waals surface area contributed by atoms with Crippen LogP contribution in [-0.4, -0.2) is 72.2 Å². The molecule has 156 valence electrons. The SMILES string of the molecule is COc1ccc(CNC(=O)C2CCCN2C2CCN(CC(F)(F)F)CC2)cn1. The number of rotatable bonds is 6. The molecule has 1 N–H and O–H groups in total. The van der Waals surface area contributed by atoms with Gasteiger partial charge in [0.1, 0.15) is 0 Å². The molecule has 2 saturated heterocycles. The van der Waals surface area contributed by atoms with Gasteiger partial charge in [-0.15, -0.1) is 0 Å². The number of carbonyl (C=O) groups excluding carboxylic acids is 1. The van der Waals surface area contributed by atoms with E-state index in [9.17, 15) is 18.0 Å². The molecule has 1 aromatic heterocycles. The molecular weight excluding hydrogens is 373 g/mol. The highest BCUT2D eigenvalue weighted by Crippen LogP contribution is 2.27. The molecule has 3 heterocycles. The normalized spacial score (nSPS) is 22.4. The summed E-state index contributed by atoms with van der Waals surface area (Å²) >= 11 is 0. The summed E-state index contributed by atoms with van der Waals surface area (Å²) in [6, 6.07) is 3.57. The number of hydrogen-bond donors (Lipinski definition) is 1. The number of halogens is 3. The van der Waals surface area contributed by atoms with Crippen LogP contribution in [0.1, 0.15) is 31.2 Å². The molecule has 6 nitrogen and oxygen atoms in total. The summed E-state index contributed by atoms with van der Waals surface area (Å²) in [6.45, 7) is 1.22. The van der Waals surface area contributed by atoms with Crippen molar-refractivity contribution in [3.8, 4) is 5.88 Å². The van der Waals surface area contributed by atoms with E-state index in [0.717, 1.165) is 24.9 Å². The van der Waals surface area contributed by atoms with Crippen LogP contribution in [0.15, 0.2) is 18.3 Å². The molecule has 9 heteroatoms. The average Bonchev–Trinajstić information content (AvgIpc) is 3.16. The van der Waals surface area contributed by atoms with Crippen molar-refractivity contribution in [1.82, 2.24) is 20.1 Å². The number of nitrogens with zero attached hydrogens (tertiary/aromatic N) is 3. The number of amides is 1. The van der Waals surface area contributed by atoms with Crippen molar-refractivity contribution in [3.63, 3.8) is 0 Å². The van der Waals surface area contributed by atoms with Crippen LogP contribution in [0, 0.1) is 0 Å². The van der Waals surface area contributed by atoms with Crippen LogP contribution < -0.4 is 10.1 Å². The van der Waals surface area contributed by atoms with E-state index in [1.54, 1.807) is 19.4 Å². The molecule has 1 unspecified atom stereocenters. The fourth-order valence-corrected chi connectivity index (χ4v) is 4.11. The van der Waals surface area contributed by atoms with Gasteiger partial charge in [-0.1, -0.05) is 6.07 Å². The van der Waals surface area contributed by atoms with Crippen molar-refractivity contribution in [2.75, 3.05) is 33.3 Å². The minimum absolute atomic E-state index is 0.0222. The van der Waals surface area contributed by atoms with Gasteiger partial charge in [0.25, 0.3) is 0 Å². The molecule has 2 aliphatic heterocycles. The standard InChI is InChI=1S/C19H27F3N4O2/c1-28-17-5-4-14(11-23-17)12-24-18(27)16-3-2-8-26(16)15-6-9-25(10-7-15)13-19(20,21)22/h4-5,11,15-16H,2-3,6-10,12-13H2,1H3,(H,24,27). The first-order valence-electron chi connectivity index (χ1n) is 9.67. The summed E-state index contributed by atoms with van der Waals surface area (Å²) in [5.74, 6) is 0.500. The smallest absolute Gasteiger partial charge is 0.401 e. The quantitative estimate of drug-likeness (QED) is 0.794. The number of methoxy groups -OCH3 is 1. The van der Waals surface area contributed by atoms with E-state index in [0.29, 0.717) is 38.4 Å². The second-order valence-electron chi connectivity index (χ2n) is 7.44. The number of likely N-dealkylation sites (tertiary alicyclic amines) is 2. The number of piperidine rings is 1. The third-order valence-electron chi connectivity index (χ3n) is 5.50. The molecule has 0 radical (unpaired) electrons. The fraction of sp³-hybridized carbons (Fsp3) is 0.684. The van der Waals surface area contributed by atoms with Gasteiger partial charge in [0.2, 0.25) is 11.8 Å². The number of alkyl halides is 3. The van der Waals surface area contributed by atoms with Gasteiger partial charge in [-0.25, -0.2) is 4.98 Å². The first-order valence-corrected chi connectivity index (χ1v) is 9.67. The molecule has 0 saturated carbocycles. The number of carbonyl (C=O) groups is 1. The van der Waals surface area contributed by atoms with Crippen molar-refractivity contribution in [1.29, 1.82) is 0 Å². The van der Waals surface area contributed by atoms with Crippen molar-refractivity contribution >= 4 is 5.91 Å². The van der Waals surface area contributed by atoms with E-state index in [1.165, 1.54) is 4.90 Å². The number of ether oxygens (including phenoxy) is 1. The molecule has 1 amide bonds. The first kappa shape index (κ1) is 20.9. The molecule has 2 fully saturated rings. The molecule has 0 aromatic carbocycles. The maximum Gasteiger partial charge on any atom is 0.401 e. The Kier molecular flexibility index (Phi) is 6.77. The minimum Gasteiger partial charge on any atom is -0.481 e. The number of aromatic nitrogens is 1. The highest BCUT2D eigenvalue weighted by atomic mass is 19.4. The lowest BCUT2D eigenvalue weighted by Crippen LogP contribution is -2.52. The molecular formula is C19H27F3N4O2. The summed E-state index contributed by atoms with van der Waals surface area (Å²) < 4.78 is 42.7. The molecule has 1 aromatic rings. The van der Waals surface area contributed by atoms with E-state index >= 15 is 0 Å². The summed E-state index contributed by atoms with van der Waals surface area (Å²) in [5, 5.41) is 2.97. The topological polar surface area (TPSA) is 57.7 Å². The van der Waals surface area contributed by atoms with Crippen LogP contribution in [0.2, 0.25) is 0 Å². The Morgan fingerprint density at radius 1 is 1.25 bits per heavy atom. The van der Waals surface area contributed by atoms with Gasteiger partial charge in [0, 0.05) is 24.8 Å². The van der Waals surface area contributed by atoms with Crippen LogP contribution in [-0.2, 0) is 11.3 Å². The highest BCUT2D eigenvalue weighted by molar-refractivity contribution is 5.82. The summed E-state index contributed by atoms with van der Waals surface area (Å²) in [6.07, 6.45) is 0.575. The van der Waals surface area contributed by atoms with Gasteiger partial charge < -0.3 is 10.1 Å². The number of hydrogen-bond acceptors (Lipinski definition) is 5. The Morgan fingerprint density at radius 2 is 2.00 bits per heavy atom. The minimum atomic E-state index is -4.15. The van der Waals surface area contributed by atoms with E-state index in [1.807, 2.05) is 6.07 Å². The van der Waals surface area contributed by atoms with Gasteiger partial charge in [0.15, 0.2) is 0 Å². The van der Waals surface area contributed by atoms with Crippen molar-refractivity contribution in [2.45, 2.75) is 50.5 Å². The Labute approximate surface area is 163 Å². The lowest BCUT2D eigenvalue weighted by molar-refractivity contribution is -0.149. The maximum absolute atomic E-state index is 12.7. The van der Waals surface area contributed by atoms with Crippen LogP contribution in [0.25, 0.3) is 0 Å². The van der Waals surface area contributed by atoms with Gasteiger partial charge in [0.05, 0.1) is 19.7 Å². The zero-order valence-electron chi connectivity index (χ0n) is 16.0. The van der Waals surface area contributed by atoms with Crippen molar-refractivity contribution in [2.24, 2.45) is 0 Å². The Balaban J connectivity index is 1.49. The lowest BCUT2D eigenvalue weighted by Gasteiger charge is -2.39. The van der Waals surface area contributed by atoms with Gasteiger partial charge in [-0.05, 0) is 50.9 Å². The first-order chi connectivity index (χ1) is 13.4. The zero-order valence-corrected chi connectivity index (χ0v) is 16.0. The fourth-order valence-electron chi connectivity index (χ4n) is 4.11. The van der Waals surface area contributed by atoms with Crippen molar-refractivity contribution in [3.05, 3.63) is 23.9 Å². The molecule has 0 aliphatic carbocycles. The molecule has 3 rings (SSSR count). The van der Waals surface area contributed by atoms with Crippen LogP contribution in [0.4, 0.5) is 13.2 Å². The molecule has 28 heavy (non-hydrogen) atoms. The second kappa shape index (κ2) is 9.09.